The molecule has 0 radical (unpaired) electrons. The number of nitrogens with zero attached hydrogens (tertiary/aromatic N) is 3. The molecule has 3 heterocycles. The Morgan fingerprint density at radius 1 is 1.24 bits per heavy atom. The standard InChI is InChI=1S/C22H25ClN4O2/c23-16-4-2-15(3-5-16)22(8-1-9-22)21(29)27-11-7-18-19(27)12-20(28)26(18)10-6-17-13-24-14-25-17/h2-5,13-14,18-19H,1,6-12H2,(H,24,25)/t18-,19-/m0/s1. The van der Waals surface area contributed by atoms with Gasteiger partial charge in [0, 0.05) is 42.8 Å². The van der Waals surface area contributed by atoms with E-state index in [-0.39, 0.29) is 23.9 Å². The number of H-pyrrole nitrogens is 1. The number of aromatic amines is 1. The van der Waals surface area contributed by atoms with Gasteiger partial charge in [0.25, 0.3) is 0 Å². The average molecular weight is 413 g/mol. The van der Waals surface area contributed by atoms with Gasteiger partial charge in [0.2, 0.25) is 11.8 Å². The minimum Gasteiger partial charge on any atom is -0.348 e. The summed E-state index contributed by atoms with van der Waals surface area (Å²) in [6, 6.07) is 7.85. The summed E-state index contributed by atoms with van der Waals surface area (Å²) >= 11 is 6.06. The number of aromatic nitrogens is 2. The number of carbonyl (C=O) groups excluding carboxylic acids is 2. The zero-order valence-corrected chi connectivity index (χ0v) is 17.1. The van der Waals surface area contributed by atoms with Crippen molar-refractivity contribution >= 4 is 23.4 Å². The van der Waals surface area contributed by atoms with Crippen LogP contribution >= 0.6 is 11.6 Å². The maximum absolute atomic E-state index is 13.7. The van der Waals surface area contributed by atoms with E-state index in [4.69, 9.17) is 11.6 Å². The van der Waals surface area contributed by atoms with Crippen LogP contribution in [0.15, 0.2) is 36.8 Å². The molecule has 5 rings (SSSR count). The first-order chi connectivity index (χ1) is 14.1. The van der Waals surface area contributed by atoms with E-state index in [1.54, 1.807) is 12.5 Å². The van der Waals surface area contributed by atoms with Gasteiger partial charge in [0.1, 0.15) is 0 Å². The molecular weight excluding hydrogens is 388 g/mol. The lowest BCUT2D eigenvalue weighted by molar-refractivity contribution is -0.141. The van der Waals surface area contributed by atoms with Crippen molar-refractivity contribution in [3.05, 3.63) is 53.1 Å². The lowest BCUT2D eigenvalue weighted by Gasteiger charge is -2.44. The first-order valence-electron chi connectivity index (χ1n) is 10.4. The van der Waals surface area contributed by atoms with Gasteiger partial charge in [-0.1, -0.05) is 30.2 Å². The second-order valence-corrected chi connectivity index (χ2v) is 8.92. The highest BCUT2D eigenvalue weighted by Gasteiger charge is 2.54. The topological polar surface area (TPSA) is 69.3 Å². The normalized spacial score (nSPS) is 25.2. The minimum absolute atomic E-state index is 0.00143. The summed E-state index contributed by atoms with van der Waals surface area (Å²) in [4.78, 5) is 37.5. The third-order valence-corrected chi connectivity index (χ3v) is 7.32. The first kappa shape index (κ1) is 18.7. The Hall–Kier alpha value is -2.34. The van der Waals surface area contributed by atoms with Crippen LogP contribution in [0.5, 0.6) is 0 Å². The van der Waals surface area contributed by atoms with Crippen molar-refractivity contribution in [2.24, 2.45) is 0 Å². The molecule has 1 N–H and O–H groups in total. The molecule has 0 spiro atoms. The zero-order chi connectivity index (χ0) is 20.0. The van der Waals surface area contributed by atoms with E-state index in [1.165, 1.54) is 0 Å². The lowest BCUT2D eigenvalue weighted by atomic mass is 9.63. The largest absolute Gasteiger partial charge is 0.348 e. The Kier molecular flexibility index (Phi) is 4.62. The molecule has 3 aliphatic rings. The molecular formula is C22H25ClN4O2. The summed E-state index contributed by atoms with van der Waals surface area (Å²) in [6.07, 6.45) is 8.34. The maximum atomic E-state index is 13.7. The van der Waals surface area contributed by atoms with Crippen LogP contribution in [0.3, 0.4) is 0 Å². The Morgan fingerprint density at radius 3 is 2.69 bits per heavy atom. The van der Waals surface area contributed by atoms with Gasteiger partial charge in [-0.05, 0) is 37.0 Å². The number of nitrogens with one attached hydrogen (secondary N) is 1. The summed E-state index contributed by atoms with van der Waals surface area (Å²) in [5.74, 6) is 0.355. The summed E-state index contributed by atoms with van der Waals surface area (Å²) in [6.45, 7) is 1.41. The lowest BCUT2D eigenvalue weighted by Crippen LogP contribution is -2.53. The van der Waals surface area contributed by atoms with Crippen LogP contribution in [-0.4, -0.2) is 56.8 Å². The number of halogens is 1. The molecule has 2 amide bonds. The molecule has 0 bridgehead atoms. The molecule has 7 heteroatoms. The molecule has 1 saturated carbocycles. The minimum atomic E-state index is -0.439. The molecule has 0 unspecified atom stereocenters. The Bertz CT molecular complexity index is 907. The SMILES string of the molecule is O=C1C[C@H]2[C@H](CCN2C(=O)C2(c3ccc(Cl)cc3)CCC2)N1CCc1cnc[nH]1. The van der Waals surface area contributed by atoms with Crippen molar-refractivity contribution in [3.8, 4) is 0 Å². The third-order valence-electron chi connectivity index (χ3n) is 7.07. The molecule has 29 heavy (non-hydrogen) atoms. The fraction of sp³-hybridized carbons (Fsp3) is 0.500. The molecule has 2 atom stereocenters. The van der Waals surface area contributed by atoms with Crippen molar-refractivity contribution in [1.29, 1.82) is 0 Å². The molecule has 1 aromatic heterocycles. The number of rotatable bonds is 5. The van der Waals surface area contributed by atoms with Crippen LogP contribution in [0.2, 0.25) is 5.02 Å². The van der Waals surface area contributed by atoms with E-state index in [1.807, 2.05) is 34.1 Å². The summed E-state index contributed by atoms with van der Waals surface area (Å²) in [5, 5.41) is 0.686. The zero-order valence-electron chi connectivity index (χ0n) is 16.3. The first-order valence-corrected chi connectivity index (χ1v) is 10.8. The van der Waals surface area contributed by atoms with Crippen LogP contribution in [0.1, 0.15) is 43.4 Å². The second-order valence-electron chi connectivity index (χ2n) is 8.48. The molecule has 2 aromatic rings. The van der Waals surface area contributed by atoms with E-state index in [9.17, 15) is 9.59 Å². The molecule has 6 nitrogen and oxygen atoms in total. The van der Waals surface area contributed by atoms with Crippen molar-refractivity contribution in [2.75, 3.05) is 13.1 Å². The van der Waals surface area contributed by atoms with Gasteiger partial charge in [-0.3, -0.25) is 9.59 Å². The van der Waals surface area contributed by atoms with Crippen molar-refractivity contribution in [1.82, 2.24) is 19.8 Å². The molecule has 2 aliphatic heterocycles. The van der Waals surface area contributed by atoms with Crippen LogP contribution in [0.25, 0.3) is 0 Å². The fourth-order valence-electron chi connectivity index (χ4n) is 5.33. The van der Waals surface area contributed by atoms with Gasteiger partial charge in [0.15, 0.2) is 0 Å². The molecule has 152 valence electrons. The summed E-state index contributed by atoms with van der Waals surface area (Å²) in [5.41, 5.74) is 1.65. The number of fused-ring (bicyclic) bond motifs is 1. The van der Waals surface area contributed by atoms with E-state index in [0.29, 0.717) is 18.0 Å². The van der Waals surface area contributed by atoms with Gasteiger partial charge in [0.05, 0.1) is 23.8 Å². The van der Waals surface area contributed by atoms with Crippen LogP contribution in [0, 0.1) is 0 Å². The van der Waals surface area contributed by atoms with Gasteiger partial charge in [-0.2, -0.15) is 0 Å². The predicted molar refractivity (Wildman–Crippen MR) is 110 cm³/mol. The highest BCUT2D eigenvalue weighted by Crippen LogP contribution is 2.47. The summed E-state index contributed by atoms with van der Waals surface area (Å²) in [7, 11) is 0. The Labute approximate surface area is 175 Å². The monoisotopic (exact) mass is 412 g/mol. The quantitative estimate of drug-likeness (QED) is 0.820. The number of hydrogen-bond donors (Lipinski definition) is 1. The predicted octanol–water partition coefficient (Wildman–Crippen LogP) is 2.93. The third kappa shape index (κ3) is 3.05. The molecule has 1 aromatic carbocycles. The maximum Gasteiger partial charge on any atom is 0.233 e. The molecule has 3 fully saturated rings. The van der Waals surface area contributed by atoms with E-state index < -0.39 is 5.41 Å². The highest BCUT2D eigenvalue weighted by atomic mass is 35.5. The second kappa shape index (κ2) is 7.17. The van der Waals surface area contributed by atoms with Crippen LogP contribution in [0.4, 0.5) is 0 Å². The van der Waals surface area contributed by atoms with Gasteiger partial charge in [-0.15, -0.1) is 0 Å². The Balaban J connectivity index is 1.33. The van der Waals surface area contributed by atoms with Gasteiger partial charge >= 0.3 is 0 Å². The van der Waals surface area contributed by atoms with E-state index in [0.717, 1.165) is 49.9 Å². The summed E-state index contributed by atoms with van der Waals surface area (Å²) < 4.78 is 0. The number of carbonyl (C=O) groups is 2. The number of benzene rings is 1. The van der Waals surface area contributed by atoms with E-state index >= 15 is 0 Å². The average Bonchev–Trinajstić information content (AvgIpc) is 3.38. The van der Waals surface area contributed by atoms with Gasteiger partial charge in [-0.25, -0.2) is 4.98 Å². The highest BCUT2D eigenvalue weighted by molar-refractivity contribution is 6.30. The number of hydrogen-bond acceptors (Lipinski definition) is 3. The fourth-order valence-corrected chi connectivity index (χ4v) is 5.46. The molecule has 1 aliphatic carbocycles. The Morgan fingerprint density at radius 2 is 2.03 bits per heavy atom. The number of imidazole rings is 1. The number of likely N-dealkylation sites (tertiary alicyclic amines) is 2. The molecule has 2 saturated heterocycles. The van der Waals surface area contributed by atoms with Crippen molar-refractivity contribution in [3.63, 3.8) is 0 Å². The number of amides is 2. The van der Waals surface area contributed by atoms with Crippen molar-refractivity contribution in [2.45, 2.75) is 56.0 Å². The van der Waals surface area contributed by atoms with Gasteiger partial charge < -0.3 is 14.8 Å². The van der Waals surface area contributed by atoms with Crippen LogP contribution < -0.4 is 0 Å². The smallest absolute Gasteiger partial charge is 0.233 e. The van der Waals surface area contributed by atoms with Crippen LogP contribution in [-0.2, 0) is 21.4 Å². The van der Waals surface area contributed by atoms with Crippen molar-refractivity contribution < 1.29 is 9.59 Å². The van der Waals surface area contributed by atoms with E-state index in [2.05, 4.69) is 9.97 Å².